The van der Waals surface area contributed by atoms with Gasteiger partial charge in [0.1, 0.15) is 12.4 Å². The largest absolute Gasteiger partial charge is 0.494 e. The Morgan fingerprint density at radius 1 is 1.03 bits per heavy atom. The van der Waals surface area contributed by atoms with Gasteiger partial charge in [-0.25, -0.2) is 0 Å². The summed E-state index contributed by atoms with van der Waals surface area (Å²) in [6.45, 7) is 12.6. The second-order valence-electron chi connectivity index (χ2n) is 10.5. The molecule has 2 aromatic carbocycles. The summed E-state index contributed by atoms with van der Waals surface area (Å²) in [5.74, 6) is 1.57. The molecule has 0 aliphatic carbocycles. The van der Waals surface area contributed by atoms with Gasteiger partial charge in [0.15, 0.2) is 0 Å². The van der Waals surface area contributed by atoms with E-state index in [2.05, 4.69) is 6.92 Å². The lowest BCUT2D eigenvalue weighted by Crippen LogP contribution is -2.41. The van der Waals surface area contributed by atoms with Gasteiger partial charge < -0.3 is 18.9 Å². The van der Waals surface area contributed by atoms with E-state index in [-0.39, 0.29) is 5.91 Å². The highest BCUT2D eigenvalue weighted by atomic mass is 16.7. The molecule has 2 aromatic rings. The molecule has 2 saturated heterocycles. The second kappa shape index (κ2) is 9.51. The van der Waals surface area contributed by atoms with Crippen molar-refractivity contribution in [3.63, 3.8) is 0 Å². The summed E-state index contributed by atoms with van der Waals surface area (Å²) in [5, 5.41) is 0. The number of nitrogens with zero attached hydrogens (tertiary/aromatic N) is 1. The average molecular weight is 449 g/mol. The quantitative estimate of drug-likeness (QED) is 0.615. The number of ether oxygens (including phenoxy) is 1. The van der Waals surface area contributed by atoms with Gasteiger partial charge in [-0.05, 0) is 63.5 Å². The molecule has 5 nitrogen and oxygen atoms in total. The van der Waals surface area contributed by atoms with Crippen molar-refractivity contribution in [1.29, 1.82) is 0 Å². The second-order valence-corrected chi connectivity index (χ2v) is 10.5. The van der Waals surface area contributed by atoms with E-state index in [1.807, 2.05) is 81.1 Å². The van der Waals surface area contributed by atoms with Gasteiger partial charge in [0.2, 0.25) is 5.91 Å². The number of hydrogen-bond donors (Lipinski definition) is 0. The predicted molar refractivity (Wildman–Crippen MR) is 132 cm³/mol. The van der Waals surface area contributed by atoms with E-state index in [0.29, 0.717) is 18.9 Å². The zero-order chi connectivity index (χ0) is 23.6. The van der Waals surface area contributed by atoms with Gasteiger partial charge in [0, 0.05) is 18.7 Å². The monoisotopic (exact) mass is 449 g/mol. The third-order valence-electron chi connectivity index (χ3n) is 7.33. The first-order valence-corrected chi connectivity index (χ1v) is 12.1. The molecule has 0 spiro atoms. The van der Waals surface area contributed by atoms with Crippen LogP contribution in [-0.4, -0.2) is 42.2 Å². The molecule has 2 aliphatic heterocycles. The smallest absolute Gasteiger partial charge is 0.489 e. The summed E-state index contributed by atoms with van der Waals surface area (Å²) in [6.07, 6.45) is 2.44. The van der Waals surface area contributed by atoms with Crippen LogP contribution in [0.2, 0.25) is 0 Å². The Hall–Kier alpha value is -2.31. The molecule has 0 aromatic heterocycles. The molecule has 2 heterocycles. The molecule has 2 fully saturated rings. The van der Waals surface area contributed by atoms with Crippen molar-refractivity contribution in [2.75, 3.05) is 13.1 Å². The van der Waals surface area contributed by atoms with Crippen LogP contribution in [0, 0.1) is 5.92 Å². The van der Waals surface area contributed by atoms with E-state index in [0.717, 1.165) is 48.3 Å². The Kier molecular flexibility index (Phi) is 6.87. The molecule has 0 saturated carbocycles. The van der Waals surface area contributed by atoms with Crippen LogP contribution in [0.5, 0.6) is 5.75 Å². The maximum absolute atomic E-state index is 13.1. The summed E-state index contributed by atoms with van der Waals surface area (Å²) >= 11 is 0. The van der Waals surface area contributed by atoms with Crippen molar-refractivity contribution >= 4 is 18.5 Å². The summed E-state index contributed by atoms with van der Waals surface area (Å²) in [6, 6.07) is 16.0. The van der Waals surface area contributed by atoms with Crippen LogP contribution in [0.3, 0.4) is 0 Å². The molecule has 0 N–H and O–H groups in total. The lowest BCUT2D eigenvalue weighted by atomic mass is 9.78. The Balaban J connectivity index is 1.56. The highest BCUT2D eigenvalue weighted by Gasteiger charge is 2.51. The highest BCUT2D eigenvalue weighted by Crippen LogP contribution is 2.36. The number of likely N-dealkylation sites (tertiary alicyclic amines) is 1. The van der Waals surface area contributed by atoms with Crippen LogP contribution in [-0.2, 0) is 27.1 Å². The zero-order valence-electron chi connectivity index (χ0n) is 20.6. The number of hydrogen-bond acceptors (Lipinski definition) is 4. The Morgan fingerprint density at radius 2 is 1.67 bits per heavy atom. The summed E-state index contributed by atoms with van der Waals surface area (Å²) in [7, 11) is -0.470. The molecular weight excluding hydrogens is 413 g/mol. The standard InChI is InChI=1S/C27H36BNO4/c1-20-13-15-29(16-14-20)25(30)18-22-17-23(28-32-26(2,3)27(4,5)33-28)11-12-24(22)31-19-21-9-7-6-8-10-21/h6-12,17,20H,13-16,18-19H2,1-5H3. The molecule has 2 aliphatic rings. The van der Waals surface area contributed by atoms with E-state index in [1.165, 1.54) is 0 Å². The molecule has 0 unspecified atom stereocenters. The maximum Gasteiger partial charge on any atom is 0.494 e. The number of benzene rings is 2. The summed E-state index contributed by atoms with van der Waals surface area (Å²) in [4.78, 5) is 15.1. The fraction of sp³-hybridized carbons (Fsp3) is 0.519. The minimum atomic E-state index is -0.470. The number of amides is 1. The van der Waals surface area contributed by atoms with Gasteiger partial charge in [-0.2, -0.15) is 0 Å². The number of carbonyl (C=O) groups is 1. The minimum Gasteiger partial charge on any atom is -0.489 e. The topological polar surface area (TPSA) is 48.0 Å². The molecular formula is C27H36BNO4. The molecule has 0 bridgehead atoms. The van der Waals surface area contributed by atoms with Crippen LogP contribution < -0.4 is 10.2 Å². The van der Waals surface area contributed by atoms with Gasteiger partial charge in [-0.15, -0.1) is 0 Å². The zero-order valence-corrected chi connectivity index (χ0v) is 20.6. The Labute approximate surface area is 198 Å². The van der Waals surface area contributed by atoms with Gasteiger partial charge in [-0.3, -0.25) is 4.79 Å². The molecule has 33 heavy (non-hydrogen) atoms. The fourth-order valence-electron chi connectivity index (χ4n) is 4.27. The Bertz CT molecular complexity index is 951. The lowest BCUT2D eigenvalue weighted by molar-refractivity contribution is -0.131. The van der Waals surface area contributed by atoms with Crippen molar-refractivity contribution in [2.45, 2.75) is 71.7 Å². The lowest BCUT2D eigenvalue weighted by Gasteiger charge is -2.32. The maximum atomic E-state index is 13.1. The third-order valence-corrected chi connectivity index (χ3v) is 7.33. The van der Waals surface area contributed by atoms with Crippen molar-refractivity contribution < 1.29 is 18.8 Å². The minimum absolute atomic E-state index is 0.150. The van der Waals surface area contributed by atoms with Crippen LogP contribution in [0.15, 0.2) is 48.5 Å². The van der Waals surface area contributed by atoms with Crippen molar-refractivity contribution in [3.05, 3.63) is 59.7 Å². The Morgan fingerprint density at radius 3 is 2.30 bits per heavy atom. The SMILES string of the molecule is CC1CCN(C(=O)Cc2cc(B3OC(C)(C)C(C)(C)O3)ccc2OCc2ccccc2)CC1. The van der Waals surface area contributed by atoms with Gasteiger partial charge in [0.25, 0.3) is 0 Å². The molecule has 6 heteroatoms. The van der Waals surface area contributed by atoms with Gasteiger partial charge in [-0.1, -0.05) is 49.4 Å². The average Bonchev–Trinajstić information content (AvgIpc) is 3.01. The van der Waals surface area contributed by atoms with E-state index in [4.69, 9.17) is 14.0 Å². The molecule has 4 rings (SSSR count). The number of rotatable bonds is 6. The first kappa shape index (κ1) is 23.8. The summed E-state index contributed by atoms with van der Waals surface area (Å²) < 4.78 is 18.7. The van der Waals surface area contributed by atoms with Crippen LogP contribution in [0.4, 0.5) is 0 Å². The molecule has 176 valence electrons. The molecule has 0 radical (unpaired) electrons. The normalized spacial score (nSPS) is 20.2. The highest BCUT2D eigenvalue weighted by molar-refractivity contribution is 6.62. The van der Waals surface area contributed by atoms with E-state index in [1.54, 1.807) is 0 Å². The van der Waals surface area contributed by atoms with Crippen molar-refractivity contribution in [2.24, 2.45) is 5.92 Å². The van der Waals surface area contributed by atoms with Crippen molar-refractivity contribution in [1.82, 2.24) is 4.90 Å². The first-order chi connectivity index (χ1) is 15.6. The van der Waals surface area contributed by atoms with E-state index in [9.17, 15) is 4.79 Å². The van der Waals surface area contributed by atoms with Crippen molar-refractivity contribution in [3.8, 4) is 5.75 Å². The molecule has 1 amide bonds. The summed E-state index contributed by atoms with van der Waals surface area (Å²) in [5.41, 5.74) is 2.05. The van der Waals surface area contributed by atoms with Crippen LogP contribution in [0.25, 0.3) is 0 Å². The number of piperidine rings is 1. The third kappa shape index (κ3) is 5.44. The van der Waals surface area contributed by atoms with Gasteiger partial charge >= 0.3 is 7.12 Å². The number of carbonyl (C=O) groups excluding carboxylic acids is 1. The van der Waals surface area contributed by atoms with Gasteiger partial charge in [0.05, 0.1) is 17.6 Å². The van der Waals surface area contributed by atoms with E-state index >= 15 is 0 Å². The first-order valence-electron chi connectivity index (χ1n) is 12.1. The van der Waals surface area contributed by atoms with Crippen LogP contribution in [0.1, 0.15) is 58.6 Å². The van der Waals surface area contributed by atoms with Crippen LogP contribution >= 0.6 is 0 Å². The molecule has 0 atom stereocenters. The fourth-order valence-corrected chi connectivity index (χ4v) is 4.27. The predicted octanol–water partition coefficient (Wildman–Crippen LogP) is 4.37. The van der Waals surface area contributed by atoms with E-state index < -0.39 is 18.3 Å².